The van der Waals surface area contributed by atoms with Crippen molar-refractivity contribution in [3.05, 3.63) is 59.7 Å². The van der Waals surface area contributed by atoms with Gasteiger partial charge in [0.2, 0.25) is 5.91 Å². The van der Waals surface area contributed by atoms with E-state index < -0.39 is 18.1 Å². The minimum absolute atomic E-state index is 0.0368. The summed E-state index contributed by atoms with van der Waals surface area (Å²) in [6, 6.07) is 15.6. The molecule has 4 rings (SSSR count). The zero-order valence-electron chi connectivity index (χ0n) is 19.5. The Labute approximate surface area is 199 Å². The van der Waals surface area contributed by atoms with E-state index in [9.17, 15) is 14.4 Å². The molecular weight excluding hydrogens is 432 g/mol. The number of rotatable bonds is 10. The summed E-state index contributed by atoms with van der Waals surface area (Å²) in [6.07, 6.45) is 3.07. The van der Waals surface area contributed by atoms with Crippen LogP contribution >= 0.6 is 0 Å². The highest BCUT2D eigenvalue weighted by molar-refractivity contribution is 5.86. The van der Waals surface area contributed by atoms with E-state index in [-0.39, 0.29) is 36.8 Å². The largest absolute Gasteiger partial charge is 0.481 e. The van der Waals surface area contributed by atoms with Gasteiger partial charge >= 0.3 is 12.1 Å². The van der Waals surface area contributed by atoms with E-state index >= 15 is 0 Å². The van der Waals surface area contributed by atoms with E-state index in [0.717, 1.165) is 35.1 Å². The summed E-state index contributed by atoms with van der Waals surface area (Å²) in [5.41, 5.74) is 4.60. The molecule has 0 unspecified atom stereocenters. The van der Waals surface area contributed by atoms with Gasteiger partial charge in [-0.25, -0.2) is 4.79 Å². The molecule has 0 aliphatic heterocycles. The SMILES string of the molecule is CCCC[C@H](NC(=O)OCC1c2ccccc2-c2ccccc21)C(=O)NC1CC(CC(=O)O)C1. The summed E-state index contributed by atoms with van der Waals surface area (Å²) in [5.74, 6) is -0.984. The fourth-order valence-electron chi connectivity index (χ4n) is 5.03. The number of amides is 2. The van der Waals surface area contributed by atoms with Gasteiger partial charge in [0.25, 0.3) is 0 Å². The Hall–Kier alpha value is -3.35. The second-order valence-electron chi connectivity index (χ2n) is 9.31. The second-order valence-corrected chi connectivity index (χ2v) is 9.31. The molecule has 3 N–H and O–H groups in total. The predicted octanol–water partition coefficient (Wildman–Crippen LogP) is 4.45. The van der Waals surface area contributed by atoms with Crippen LogP contribution in [-0.2, 0) is 14.3 Å². The molecule has 7 nitrogen and oxygen atoms in total. The molecule has 1 saturated carbocycles. The van der Waals surface area contributed by atoms with Gasteiger partial charge in [0, 0.05) is 18.4 Å². The maximum Gasteiger partial charge on any atom is 0.407 e. The van der Waals surface area contributed by atoms with Crippen LogP contribution in [0.2, 0.25) is 0 Å². The number of carbonyl (C=O) groups excluding carboxylic acids is 2. The lowest BCUT2D eigenvalue weighted by atomic mass is 9.78. The number of unbranched alkanes of at least 4 members (excludes halogenated alkanes) is 1. The maximum absolute atomic E-state index is 12.8. The molecule has 0 bridgehead atoms. The molecule has 0 spiro atoms. The zero-order valence-corrected chi connectivity index (χ0v) is 19.5. The first kappa shape index (κ1) is 23.8. The van der Waals surface area contributed by atoms with E-state index in [4.69, 9.17) is 9.84 Å². The van der Waals surface area contributed by atoms with Crippen molar-refractivity contribution >= 4 is 18.0 Å². The van der Waals surface area contributed by atoms with Crippen LogP contribution in [0.5, 0.6) is 0 Å². The van der Waals surface area contributed by atoms with E-state index in [1.807, 2.05) is 31.2 Å². The normalized spacial score (nSPS) is 19.3. The van der Waals surface area contributed by atoms with Gasteiger partial charge in [-0.05, 0) is 47.4 Å². The fourth-order valence-corrected chi connectivity index (χ4v) is 5.03. The number of nitrogens with one attached hydrogen (secondary N) is 2. The van der Waals surface area contributed by atoms with Crippen molar-refractivity contribution in [3.8, 4) is 11.1 Å². The van der Waals surface area contributed by atoms with Gasteiger partial charge in [0.15, 0.2) is 0 Å². The number of ether oxygens (including phenoxy) is 1. The van der Waals surface area contributed by atoms with Gasteiger partial charge in [-0.1, -0.05) is 68.3 Å². The van der Waals surface area contributed by atoms with Crippen molar-refractivity contribution in [2.24, 2.45) is 5.92 Å². The lowest BCUT2D eigenvalue weighted by Crippen LogP contribution is -2.53. The minimum atomic E-state index is -0.812. The van der Waals surface area contributed by atoms with Crippen molar-refractivity contribution in [1.29, 1.82) is 0 Å². The number of hydrogen-bond acceptors (Lipinski definition) is 4. The smallest absolute Gasteiger partial charge is 0.407 e. The molecule has 2 amide bonds. The molecule has 2 aromatic carbocycles. The van der Waals surface area contributed by atoms with Gasteiger partial charge in [-0.2, -0.15) is 0 Å². The quantitative estimate of drug-likeness (QED) is 0.482. The molecule has 0 heterocycles. The summed E-state index contributed by atoms with van der Waals surface area (Å²) in [6.45, 7) is 2.23. The lowest BCUT2D eigenvalue weighted by molar-refractivity contribution is -0.139. The van der Waals surface area contributed by atoms with Crippen LogP contribution < -0.4 is 10.6 Å². The standard InChI is InChI=1S/C27H32N2O5/c1-2-3-12-24(26(32)28-18-13-17(14-18)15-25(30)31)29-27(33)34-16-23-21-10-6-4-8-19(21)20-9-5-7-11-22(20)23/h4-11,17-18,23-24H,2-3,12-16H2,1H3,(H,28,32)(H,29,33)(H,30,31)/t17?,18?,24-/m0/s1. The Morgan fingerprint density at radius 3 is 2.24 bits per heavy atom. The summed E-state index contributed by atoms with van der Waals surface area (Å²) in [5, 5.41) is 14.6. The van der Waals surface area contributed by atoms with Crippen molar-refractivity contribution in [2.75, 3.05) is 6.61 Å². The molecule has 7 heteroatoms. The first-order valence-corrected chi connectivity index (χ1v) is 12.1. The third kappa shape index (κ3) is 5.41. The number of benzene rings is 2. The lowest BCUT2D eigenvalue weighted by Gasteiger charge is -2.35. The first-order chi connectivity index (χ1) is 16.5. The summed E-state index contributed by atoms with van der Waals surface area (Å²) >= 11 is 0. The fraction of sp³-hybridized carbons (Fsp3) is 0.444. The third-order valence-corrected chi connectivity index (χ3v) is 6.84. The van der Waals surface area contributed by atoms with Gasteiger partial charge in [0.05, 0.1) is 0 Å². The molecule has 0 radical (unpaired) electrons. The van der Waals surface area contributed by atoms with E-state index in [0.29, 0.717) is 19.3 Å². The molecular formula is C27H32N2O5. The average Bonchev–Trinajstić information content (AvgIpc) is 3.12. The Kier molecular flexibility index (Phi) is 7.50. The number of fused-ring (bicyclic) bond motifs is 3. The highest BCUT2D eigenvalue weighted by Crippen LogP contribution is 2.44. The monoisotopic (exact) mass is 464 g/mol. The highest BCUT2D eigenvalue weighted by atomic mass is 16.5. The van der Waals surface area contributed by atoms with Crippen molar-refractivity contribution in [2.45, 2.75) is 63.5 Å². The first-order valence-electron chi connectivity index (χ1n) is 12.1. The summed E-state index contributed by atoms with van der Waals surface area (Å²) < 4.78 is 5.61. The van der Waals surface area contributed by atoms with Crippen LogP contribution in [0.1, 0.15) is 62.5 Å². The molecule has 180 valence electrons. The van der Waals surface area contributed by atoms with Crippen LogP contribution in [0.4, 0.5) is 4.79 Å². The van der Waals surface area contributed by atoms with Gasteiger partial charge in [-0.3, -0.25) is 9.59 Å². The Balaban J connectivity index is 1.33. The number of alkyl carbamates (subject to hydrolysis) is 1. The molecule has 2 aliphatic carbocycles. The summed E-state index contributed by atoms with van der Waals surface area (Å²) in [7, 11) is 0. The maximum atomic E-state index is 12.8. The van der Waals surface area contributed by atoms with Crippen LogP contribution in [0.25, 0.3) is 11.1 Å². The number of aliphatic carboxylic acids is 1. The third-order valence-electron chi connectivity index (χ3n) is 6.84. The Bertz CT molecular complexity index is 1000. The van der Waals surface area contributed by atoms with Gasteiger partial charge in [-0.15, -0.1) is 0 Å². The van der Waals surface area contributed by atoms with Crippen molar-refractivity contribution in [1.82, 2.24) is 10.6 Å². The topological polar surface area (TPSA) is 105 Å². The number of carboxylic acids is 1. The number of carboxylic acid groups (broad SMARTS) is 1. The van der Waals surface area contributed by atoms with E-state index in [2.05, 4.69) is 34.9 Å². The van der Waals surface area contributed by atoms with Crippen molar-refractivity contribution < 1.29 is 24.2 Å². The van der Waals surface area contributed by atoms with E-state index in [1.165, 1.54) is 0 Å². The Morgan fingerprint density at radius 1 is 1.03 bits per heavy atom. The Morgan fingerprint density at radius 2 is 1.65 bits per heavy atom. The van der Waals surface area contributed by atoms with Crippen LogP contribution in [-0.4, -0.2) is 41.8 Å². The molecule has 1 fully saturated rings. The van der Waals surface area contributed by atoms with Crippen molar-refractivity contribution in [3.63, 3.8) is 0 Å². The molecule has 2 aromatic rings. The molecule has 0 aromatic heterocycles. The highest BCUT2D eigenvalue weighted by Gasteiger charge is 2.34. The zero-order chi connectivity index (χ0) is 24.1. The van der Waals surface area contributed by atoms with Crippen LogP contribution in [0.3, 0.4) is 0 Å². The minimum Gasteiger partial charge on any atom is -0.481 e. The predicted molar refractivity (Wildman–Crippen MR) is 128 cm³/mol. The second kappa shape index (κ2) is 10.7. The van der Waals surface area contributed by atoms with E-state index in [1.54, 1.807) is 0 Å². The molecule has 1 atom stereocenters. The van der Waals surface area contributed by atoms with Gasteiger partial charge in [0.1, 0.15) is 12.6 Å². The average molecular weight is 465 g/mol. The molecule has 2 aliphatic rings. The van der Waals surface area contributed by atoms with Crippen LogP contribution in [0.15, 0.2) is 48.5 Å². The number of carbonyl (C=O) groups is 3. The number of hydrogen-bond donors (Lipinski definition) is 3. The summed E-state index contributed by atoms with van der Waals surface area (Å²) in [4.78, 5) is 36.3. The van der Waals surface area contributed by atoms with Crippen LogP contribution in [0, 0.1) is 5.92 Å². The molecule has 34 heavy (non-hydrogen) atoms. The molecule has 0 saturated heterocycles. The van der Waals surface area contributed by atoms with Gasteiger partial charge < -0.3 is 20.5 Å².